The van der Waals surface area contributed by atoms with Gasteiger partial charge in [-0.1, -0.05) is 25.4 Å². The maximum Gasteiger partial charge on any atom is 0.136 e. The molecule has 0 bridgehead atoms. The van der Waals surface area contributed by atoms with Gasteiger partial charge >= 0.3 is 0 Å². The van der Waals surface area contributed by atoms with Crippen LogP contribution in [-0.4, -0.2) is 9.97 Å². The minimum Gasteiger partial charge on any atom is -0.235 e. The van der Waals surface area contributed by atoms with E-state index >= 15 is 0 Å². The van der Waals surface area contributed by atoms with Crippen molar-refractivity contribution in [3.8, 4) is 10.6 Å². The van der Waals surface area contributed by atoms with Crippen LogP contribution in [0, 0.1) is 6.92 Å². The number of rotatable bonds is 2. The van der Waals surface area contributed by atoms with Crippen LogP contribution in [0.5, 0.6) is 0 Å². The smallest absolute Gasteiger partial charge is 0.136 e. The van der Waals surface area contributed by atoms with Crippen molar-refractivity contribution in [2.75, 3.05) is 0 Å². The van der Waals surface area contributed by atoms with E-state index < -0.39 is 0 Å². The third-order valence-corrected chi connectivity index (χ3v) is 3.81. The maximum absolute atomic E-state index is 6.15. The molecule has 0 spiro atoms. The van der Waals surface area contributed by atoms with Gasteiger partial charge in [0, 0.05) is 5.56 Å². The van der Waals surface area contributed by atoms with Crippen LogP contribution in [0.4, 0.5) is 0 Å². The molecule has 16 heavy (non-hydrogen) atoms. The summed E-state index contributed by atoms with van der Waals surface area (Å²) in [4.78, 5) is 9.63. The topological polar surface area (TPSA) is 25.8 Å². The van der Waals surface area contributed by atoms with Gasteiger partial charge in [0.2, 0.25) is 0 Å². The Bertz CT molecular complexity index is 505. The SMILES string of the molecule is Cc1ccsc1-c1ncnc(Cl)c1C(C)C. The average Bonchev–Trinajstić information content (AvgIpc) is 2.63. The highest BCUT2D eigenvalue weighted by atomic mass is 35.5. The molecule has 0 atom stereocenters. The monoisotopic (exact) mass is 252 g/mol. The summed E-state index contributed by atoms with van der Waals surface area (Å²) in [6.45, 7) is 6.31. The number of hydrogen-bond acceptors (Lipinski definition) is 3. The zero-order valence-electron chi connectivity index (χ0n) is 9.49. The van der Waals surface area contributed by atoms with Crippen molar-refractivity contribution in [1.82, 2.24) is 9.97 Å². The number of aromatic nitrogens is 2. The number of aryl methyl sites for hydroxylation is 1. The van der Waals surface area contributed by atoms with Gasteiger partial charge < -0.3 is 0 Å². The molecule has 2 aromatic rings. The molecule has 0 aliphatic carbocycles. The first-order chi connectivity index (χ1) is 7.61. The van der Waals surface area contributed by atoms with E-state index in [1.165, 1.54) is 16.8 Å². The number of halogens is 1. The molecule has 2 rings (SSSR count). The van der Waals surface area contributed by atoms with Gasteiger partial charge in [-0.05, 0) is 29.9 Å². The van der Waals surface area contributed by atoms with Crippen molar-refractivity contribution in [1.29, 1.82) is 0 Å². The van der Waals surface area contributed by atoms with Gasteiger partial charge in [-0.15, -0.1) is 11.3 Å². The standard InChI is InChI=1S/C12H13ClN2S/c1-7(2)9-10(14-6-15-12(9)13)11-8(3)4-5-16-11/h4-7H,1-3H3. The average molecular weight is 253 g/mol. The molecular formula is C12H13ClN2S. The van der Waals surface area contributed by atoms with E-state index in [0.29, 0.717) is 11.1 Å². The van der Waals surface area contributed by atoms with Crippen molar-refractivity contribution in [3.63, 3.8) is 0 Å². The molecule has 2 aromatic heterocycles. The van der Waals surface area contributed by atoms with Gasteiger partial charge in [-0.2, -0.15) is 0 Å². The van der Waals surface area contributed by atoms with Crippen molar-refractivity contribution in [3.05, 3.63) is 34.1 Å². The fraction of sp³-hybridized carbons (Fsp3) is 0.333. The molecule has 0 amide bonds. The van der Waals surface area contributed by atoms with E-state index in [0.717, 1.165) is 11.3 Å². The van der Waals surface area contributed by atoms with Crippen molar-refractivity contribution in [2.45, 2.75) is 26.7 Å². The lowest BCUT2D eigenvalue weighted by Gasteiger charge is -2.12. The first-order valence-electron chi connectivity index (χ1n) is 5.16. The van der Waals surface area contributed by atoms with Crippen LogP contribution < -0.4 is 0 Å². The lowest BCUT2D eigenvalue weighted by molar-refractivity contribution is 0.850. The van der Waals surface area contributed by atoms with Crippen LogP contribution in [0.1, 0.15) is 30.9 Å². The largest absolute Gasteiger partial charge is 0.235 e. The third kappa shape index (κ3) is 1.97. The molecule has 4 heteroatoms. The van der Waals surface area contributed by atoms with Gasteiger partial charge in [0.1, 0.15) is 11.5 Å². The first-order valence-corrected chi connectivity index (χ1v) is 6.42. The van der Waals surface area contributed by atoms with Crippen molar-refractivity contribution in [2.24, 2.45) is 0 Å². The molecule has 0 aliphatic heterocycles. The zero-order chi connectivity index (χ0) is 11.7. The zero-order valence-corrected chi connectivity index (χ0v) is 11.1. The fourth-order valence-corrected chi connectivity index (χ4v) is 2.97. The molecular weight excluding hydrogens is 240 g/mol. The van der Waals surface area contributed by atoms with E-state index in [2.05, 4.69) is 42.2 Å². The molecule has 0 N–H and O–H groups in total. The molecule has 0 aromatic carbocycles. The van der Waals surface area contributed by atoms with Crippen LogP contribution in [-0.2, 0) is 0 Å². The van der Waals surface area contributed by atoms with E-state index in [4.69, 9.17) is 11.6 Å². The molecule has 0 saturated carbocycles. The van der Waals surface area contributed by atoms with Crippen LogP contribution in [0.25, 0.3) is 10.6 Å². The summed E-state index contributed by atoms with van der Waals surface area (Å²) in [6, 6.07) is 2.10. The Morgan fingerprint density at radius 1 is 1.31 bits per heavy atom. The Kier molecular flexibility index (Phi) is 3.26. The van der Waals surface area contributed by atoms with E-state index in [1.54, 1.807) is 11.3 Å². The van der Waals surface area contributed by atoms with Crippen LogP contribution in [0.3, 0.4) is 0 Å². The summed E-state index contributed by atoms with van der Waals surface area (Å²) in [5, 5.41) is 2.64. The second-order valence-electron chi connectivity index (χ2n) is 4.01. The summed E-state index contributed by atoms with van der Waals surface area (Å²) in [7, 11) is 0. The predicted molar refractivity (Wildman–Crippen MR) is 69.2 cm³/mol. The third-order valence-electron chi connectivity index (χ3n) is 2.49. The van der Waals surface area contributed by atoms with E-state index in [9.17, 15) is 0 Å². The molecule has 2 nitrogen and oxygen atoms in total. The van der Waals surface area contributed by atoms with Crippen molar-refractivity contribution >= 4 is 22.9 Å². The Morgan fingerprint density at radius 2 is 2.06 bits per heavy atom. The van der Waals surface area contributed by atoms with Crippen LogP contribution >= 0.6 is 22.9 Å². The molecule has 0 unspecified atom stereocenters. The quantitative estimate of drug-likeness (QED) is 0.745. The lowest BCUT2D eigenvalue weighted by atomic mass is 10.0. The Labute approximate surface area is 104 Å². The summed E-state index contributed by atoms with van der Waals surface area (Å²) in [5.41, 5.74) is 3.25. The minimum atomic E-state index is 0.324. The highest BCUT2D eigenvalue weighted by Gasteiger charge is 2.16. The van der Waals surface area contributed by atoms with E-state index in [-0.39, 0.29) is 0 Å². The maximum atomic E-state index is 6.15. The first kappa shape index (κ1) is 11.6. The second-order valence-corrected chi connectivity index (χ2v) is 5.29. The molecule has 84 valence electrons. The highest BCUT2D eigenvalue weighted by molar-refractivity contribution is 7.13. The Morgan fingerprint density at radius 3 is 2.62 bits per heavy atom. The number of hydrogen-bond donors (Lipinski definition) is 0. The molecule has 0 aliphatic rings. The number of nitrogens with zero attached hydrogens (tertiary/aromatic N) is 2. The second kappa shape index (κ2) is 4.52. The van der Waals surface area contributed by atoms with Gasteiger partial charge in [0.15, 0.2) is 0 Å². The fourth-order valence-electron chi connectivity index (χ4n) is 1.68. The summed E-state index contributed by atoms with van der Waals surface area (Å²) in [6.07, 6.45) is 1.53. The van der Waals surface area contributed by atoms with Gasteiger partial charge in [-0.25, -0.2) is 9.97 Å². The predicted octanol–water partition coefficient (Wildman–Crippen LogP) is 4.29. The van der Waals surface area contributed by atoms with Gasteiger partial charge in [-0.3, -0.25) is 0 Å². The molecule has 0 radical (unpaired) electrons. The highest BCUT2D eigenvalue weighted by Crippen LogP contribution is 2.35. The normalized spacial score (nSPS) is 11.1. The van der Waals surface area contributed by atoms with E-state index in [1.807, 2.05) is 0 Å². The van der Waals surface area contributed by atoms with Crippen molar-refractivity contribution < 1.29 is 0 Å². The summed E-state index contributed by atoms with van der Waals surface area (Å²) < 4.78 is 0. The number of thiophene rings is 1. The van der Waals surface area contributed by atoms with Crippen LogP contribution in [0.2, 0.25) is 5.15 Å². The van der Waals surface area contributed by atoms with Gasteiger partial charge in [0.25, 0.3) is 0 Å². The lowest BCUT2D eigenvalue weighted by Crippen LogP contribution is -1.98. The summed E-state index contributed by atoms with van der Waals surface area (Å²) >= 11 is 7.84. The van der Waals surface area contributed by atoms with Gasteiger partial charge in [0.05, 0.1) is 10.6 Å². The molecule has 2 heterocycles. The molecule has 0 fully saturated rings. The summed E-state index contributed by atoms with van der Waals surface area (Å²) in [5.74, 6) is 0.324. The molecule has 0 saturated heterocycles. The Hall–Kier alpha value is -0.930. The van der Waals surface area contributed by atoms with Crippen LogP contribution in [0.15, 0.2) is 17.8 Å². The Balaban J connectivity index is 2.66. The minimum absolute atomic E-state index is 0.324.